The predicted molar refractivity (Wildman–Crippen MR) is 68.5 cm³/mol. The van der Waals surface area contributed by atoms with Crippen LogP contribution in [0.15, 0.2) is 24.3 Å². The first-order chi connectivity index (χ1) is 8.74. The van der Waals surface area contributed by atoms with Crippen molar-refractivity contribution in [1.29, 1.82) is 0 Å². The highest BCUT2D eigenvalue weighted by molar-refractivity contribution is 5.72. The molecule has 1 aromatic rings. The van der Waals surface area contributed by atoms with E-state index in [9.17, 15) is 4.79 Å². The van der Waals surface area contributed by atoms with Crippen LogP contribution in [0.1, 0.15) is 24.4 Å². The molecule has 1 aliphatic rings. The first kappa shape index (κ1) is 12.9. The van der Waals surface area contributed by atoms with Crippen LogP contribution in [0.4, 0.5) is 0 Å². The van der Waals surface area contributed by atoms with E-state index in [1.807, 2.05) is 12.1 Å². The Morgan fingerprint density at radius 2 is 1.94 bits per heavy atom. The highest BCUT2D eigenvalue weighted by Crippen LogP contribution is 2.27. The topological polar surface area (TPSA) is 47.6 Å². The highest BCUT2D eigenvalue weighted by atomic mass is 16.5. The van der Waals surface area contributed by atoms with Gasteiger partial charge in [-0.2, -0.15) is 0 Å². The van der Waals surface area contributed by atoms with Gasteiger partial charge in [-0.15, -0.1) is 0 Å². The first-order valence-corrected chi connectivity index (χ1v) is 6.19. The quantitative estimate of drug-likeness (QED) is 0.831. The number of ether oxygens (including phenoxy) is 2. The van der Waals surface area contributed by atoms with Crippen LogP contribution in [-0.4, -0.2) is 26.7 Å². The normalized spacial score (nSPS) is 23.4. The van der Waals surface area contributed by atoms with Crippen molar-refractivity contribution >= 4 is 5.97 Å². The van der Waals surface area contributed by atoms with E-state index in [0.717, 1.165) is 18.6 Å². The second kappa shape index (κ2) is 5.87. The smallest absolute Gasteiger partial charge is 0.309 e. The number of carbonyl (C=O) groups excluding carboxylic acids is 1. The van der Waals surface area contributed by atoms with Gasteiger partial charge in [0.1, 0.15) is 5.75 Å². The fraction of sp³-hybridized carbons (Fsp3) is 0.500. The summed E-state index contributed by atoms with van der Waals surface area (Å²) >= 11 is 0. The van der Waals surface area contributed by atoms with Crippen molar-refractivity contribution in [3.05, 3.63) is 29.8 Å². The van der Waals surface area contributed by atoms with Crippen molar-refractivity contribution in [1.82, 2.24) is 5.32 Å². The molecular weight excluding hydrogens is 230 g/mol. The lowest BCUT2D eigenvalue weighted by atomic mass is 9.91. The minimum Gasteiger partial charge on any atom is -0.497 e. The monoisotopic (exact) mass is 249 g/mol. The third-order valence-electron chi connectivity index (χ3n) is 3.47. The molecule has 18 heavy (non-hydrogen) atoms. The van der Waals surface area contributed by atoms with E-state index >= 15 is 0 Å². The van der Waals surface area contributed by atoms with Gasteiger partial charge in [-0.3, -0.25) is 4.79 Å². The average molecular weight is 249 g/mol. The Labute approximate surface area is 107 Å². The summed E-state index contributed by atoms with van der Waals surface area (Å²) in [6, 6.07) is 8.37. The van der Waals surface area contributed by atoms with E-state index in [4.69, 9.17) is 9.47 Å². The zero-order valence-electron chi connectivity index (χ0n) is 10.8. The molecule has 0 aliphatic carbocycles. The van der Waals surface area contributed by atoms with Gasteiger partial charge in [0.25, 0.3) is 0 Å². The fourth-order valence-electron chi connectivity index (χ4n) is 2.35. The third kappa shape index (κ3) is 2.82. The molecule has 4 heteroatoms. The van der Waals surface area contributed by atoms with Gasteiger partial charge in [0.2, 0.25) is 0 Å². The molecule has 1 saturated heterocycles. The molecule has 2 rings (SSSR count). The summed E-state index contributed by atoms with van der Waals surface area (Å²) in [5.41, 5.74) is 1.24. The van der Waals surface area contributed by atoms with Crippen LogP contribution in [-0.2, 0) is 9.53 Å². The first-order valence-electron chi connectivity index (χ1n) is 6.19. The zero-order valence-corrected chi connectivity index (χ0v) is 10.8. The van der Waals surface area contributed by atoms with Crippen LogP contribution in [0.3, 0.4) is 0 Å². The van der Waals surface area contributed by atoms with E-state index < -0.39 is 0 Å². The maximum atomic E-state index is 11.4. The summed E-state index contributed by atoms with van der Waals surface area (Å²) in [4.78, 5) is 11.4. The van der Waals surface area contributed by atoms with E-state index in [0.29, 0.717) is 12.6 Å². The zero-order chi connectivity index (χ0) is 13.0. The lowest BCUT2D eigenvalue weighted by molar-refractivity contribution is -0.146. The summed E-state index contributed by atoms with van der Waals surface area (Å²) in [7, 11) is 3.10. The van der Waals surface area contributed by atoms with Crippen molar-refractivity contribution in [2.24, 2.45) is 5.92 Å². The summed E-state index contributed by atoms with van der Waals surface area (Å²) in [6.07, 6.45) is 1.82. The number of carbonyl (C=O) groups is 1. The SMILES string of the molecule is COC(=O)C1CCC(c2ccc(OC)cc2)NC1. The number of esters is 1. The van der Waals surface area contributed by atoms with Gasteiger partial charge >= 0.3 is 5.97 Å². The molecule has 0 aromatic heterocycles. The van der Waals surface area contributed by atoms with Crippen LogP contribution in [0.25, 0.3) is 0 Å². The minimum absolute atomic E-state index is 0.00972. The molecule has 0 spiro atoms. The van der Waals surface area contributed by atoms with E-state index in [2.05, 4.69) is 17.4 Å². The number of hydrogen-bond acceptors (Lipinski definition) is 4. The number of piperidine rings is 1. The number of hydrogen-bond donors (Lipinski definition) is 1. The Hall–Kier alpha value is -1.55. The fourth-order valence-corrected chi connectivity index (χ4v) is 2.35. The van der Waals surface area contributed by atoms with Gasteiger partial charge in [-0.25, -0.2) is 0 Å². The molecule has 1 N–H and O–H groups in total. The van der Waals surface area contributed by atoms with Gasteiger partial charge in [-0.1, -0.05) is 12.1 Å². The number of rotatable bonds is 3. The molecule has 4 nitrogen and oxygen atoms in total. The molecule has 98 valence electrons. The van der Waals surface area contributed by atoms with E-state index in [1.54, 1.807) is 7.11 Å². The minimum atomic E-state index is -0.115. The van der Waals surface area contributed by atoms with Crippen molar-refractivity contribution in [3.63, 3.8) is 0 Å². The lowest BCUT2D eigenvalue weighted by Crippen LogP contribution is -2.37. The van der Waals surface area contributed by atoms with Crippen molar-refractivity contribution in [3.8, 4) is 5.75 Å². The Balaban J connectivity index is 1.94. The summed E-state index contributed by atoms with van der Waals surface area (Å²) in [5.74, 6) is 0.738. The maximum absolute atomic E-state index is 11.4. The molecule has 1 aliphatic heterocycles. The van der Waals surface area contributed by atoms with E-state index in [1.165, 1.54) is 12.7 Å². The van der Waals surface area contributed by atoms with Crippen molar-refractivity contribution in [2.45, 2.75) is 18.9 Å². The molecule has 0 bridgehead atoms. The molecule has 1 heterocycles. The Bertz CT molecular complexity index is 394. The summed E-state index contributed by atoms with van der Waals surface area (Å²) in [5, 5.41) is 3.40. The molecule has 2 unspecified atom stereocenters. The molecular formula is C14H19NO3. The summed E-state index contributed by atoms with van der Waals surface area (Å²) < 4.78 is 9.90. The molecule has 0 saturated carbocycles. The van der Waals surface area contributed by atoms with Crippen molar-refractivity contribution in [2.75, 3.05) is 20.8 Å². The molecule has 1 fully saturated rings. The third-order valence-corrected chi connectivity index (χ3v) is 3.47. The second-order valence-corrected chi connectivity index (χ2v) is 4.53. The molecule has 0 radical (unpaired) electrons. The van der Waals surface area contributed by atoms with Crippen LogP contribution in [0.5, 0.6) is 5.75 Å². The second-order valence-electron chi connectivity index (χ2n) is 4.53. The summed E-state index contributed by atoms with van der Waals surface area (Å²) in [6.45, 7) is 0.684. The van der Waals surface area contributed by atoms with Gasteiger partial charge in [-0.05, 0) is 30.5 Å². The number of benzene rings is 1. The standard InChI is InChI=1S/C14H19NO3/c1-17-12-6-3-10(4-7-12)13-8-5-11(9-15-13)14(16)18-2/h3-4,6-7,11,13,15H,5,8-9H2,1-2H3. The van der Waals surface area contributed by atoms with Crippen LogP contribution < -0.4 is 10.1 Å². The van der Waals surface area contributed by atoms with Crippen LogP contribution in [0, 0.1) is 5.92 Å². The Morgan fingerprint density at radius 3 is 2.44 bits per heavy atom. The molecule has 1 aromatic carbocycles. The Morgan fingerprint density at radius 1 is 1.22 bits per heavy atom. The van der Waals surface area contributed by atoms with Gasteiger partial charge in [0, 0.05) is 12.6 Å². The maximum Gasteiger partial charge on any atom is 0.309 e. The average Bonchev–Trinajstić information content (AvgIpc) is 2.47. The number of methoxy groups -OCH3 is 2. The van der Waals surface area contributed by atoms with Crippen LogP contribution in [0.2, 0.25) is 0 Å². The van der Waals surface area contributed by atoms with E-state index in [-0.39, 0.29) is 11.9 Å². The number of nitrogens with one attached hydrogen (secondary N) is 1. The van der Waals surface area contributed by atoms with Gasteiger partial charge < -0.3 is 14.8 Å². The molecule has 0 amide bonds. The predicted octanol–water partition coefficient (Wildman–Crippen LogP) is 1.91. The lowest BCUT2D eigenvalue weighted by Gasteiger charge is -2.28. The van der Waals surface area contributed by atoms with Crippen molar-refractivity contribution < 1.29 is 14.3 Å². The van der Waals surface area contributed by atoms with Gasteiger partial charge in [0.05, 0.1) is 20.1 Å². The Kier molecular flexibility index (Phi) is 4.20. The largest absolute Gasteiger partial charge is 0.497 e. The van der Waals surface area contributed by atoms with Gasteiger partial charge in [0.15, 0.2) is 0 Å². The molecule has 2 atom stereocenters. The highest BCUT2D eigenvalue weighted by Gasteiger charge is 2.26. The van der Waals surface area contributed by atoms with Crippen LogP contribution >= 0.6 is 0 Å².